The molecule has 0 aliphatic heterocycles. The fourth-order valence-electron chi connectivity index (χ4n) is 3.25. The Hall–Kier alpha value is -1.64. The number of benzene rings is 1. The van der Waals surface area contributed by atoms with E-state index in [2.05, 4.69) is 17.6 Å². The second-order valence-electron chi connectivity index (χ2n) is 5.80. The average molecular weight is 270 g/mol. The van der Waals surface area contributed by atoms with E-state index in [1.807, 2.05) is 18.2 Å². The zero-order valence-corrected chi connectivity index (χ0v) is 12.1. The standard InChI is InChI=1S/C17H22N2O/c1-2-7-17-18-14-10-5-6-11-15(14)19(17)12-16(20)13-8-3-4-9-13/h5-6,10-11,13H,2-4,7-9,12H2,1H3. The molecule has 1 aromatic heterocycles. The van der Waals surface area contributed by atoms with Crippen molar-refractivity contribution in [3.8, 4) is 0 Å². The molecule has 1 heterocycles. The Balaban J connectivity index is 1.91. The number of ketones is 1. The highest BCUT2D eigenvalue weighted by Gasteiger charge is 2.24. The lowest BCUT2D eigenvalue weighted by atomic mass is 10.0. The Bertz CT molecular complexity index is 608. The van der Waals surface area contributed by atoms with Gasteiger partial charge in [0, 0.05) is 12.3 Å². The van der Waals surface area contributed by atoms with Crippen LogP contribution in [0.15, 0.2) is 24.3 Å². The van der Waals surface area contributed by atoms with Crippen molar-refractivity contribution in [3.63, 3.8) is 0 Å². The van der Waals surface area contributed by atoms with Gasteiger partial charge in [-0.05, 0) is 31.4 Å². The van der Waals surface area contributed by atoms with Gasteiger partial charge in [0.2, 0.25) is 0 Å². The van der Waals surface area contributed by atoms with Crippen LogP contribution in [0.3, 0.4) is 0 Å². The van der Waals surface area contributed by atoms with E-state index >= 15 is 0 Å². The third-order valence-corrected chi connectivity index (χ3v) is 4.33. The van der Waals surface area contributed by atoms with Gasteiger partial charge in [0.15, 0.2) is 5.78 Å². The van der Waals surface area contributed by atoms with Crippen molar-refractivity contribution >= 4 is 16.8 Å². The van der Waals surface area contributed by atoms with Gasteiger partial charge in [-0.1, -0.05) is 31.9 Å². The summed E-state index contributed by atoms with van der Waals surface area (Å²) in [6.07, 6.45) is 6.57. The number of imidazole rings is 1. The Morgan fingerprint density at radius 3 is 2.80 bits per heavy atom. The number of aryl methyl sites for hydroxylation is 1. The van der Waals surface area contributed by atoms with E-state index in [4.69, 9.17) is 4.98 Å². The third kappa shape index (κ3) is 2.49. The van der Waals surface area contributed by atoms with Crippen molar-refractivity contribution in [2.45, 2.75) is 52.0 Å². The average Bonchev–Trinajstić information content (AvgIpc) is 3.08. The van der Waals surface area contributed by atoms with E-state index in [-0.39, 0.29) is 5.92 Å². The van der Waals surface area contributed by atoms with Gasteiger partial charge in [-0.25, -0.2) is 4.98 Å². The van der Waals surface area contributed by atoms with Crippen molar-refractivity contribution in [2.24, 2.45) is 5.92 Å². The van der Waals surface area contributed by atoms with E-state index in [0.717, 1.165) is 42.5 Å². The van der Waals surface area contributed by atoms with Gasteiger partial charge in [-0.2, -0.15) is 0 Å². The summed E-state index contributed by atoms with van der Waals surface area (Å²) in [5.41, 5.74) is 2.11. The zero-order valence-electron chi connectivity index (χ0n) is 12.1. The number of rotatable bonds is 5. The number of aromatic nitrogens is 2. The molecule has 0 unspecified atom stereocenters. The van der Waals surface area contributed by atoms with Crippen molar-refractivity contribution in [1.29, 1.82) is 0 Å². The van der Waals surface area contributed by atoms with E-state index in [1.54, 1.807) is 0 Å². The van der Waals surface area contributed by atoms with Crippen LogP contribution >= 0.6 is 0 Å². The first-order valence-electron chi connectivity index (χ1n) is 7.76. The Morgan fingerprint density at radius 2 is 2.05 bits per heavy atom. The lowest BCUT2D eigenvalue weighted by molar-refractivity contribution is -0.123. The fraction of sp³-hybridized carbons (Fsp3) is 0.529. The molecule has 1 saturated carbocycles. The molecule has 0 saturated heterocycles. The molecule has 1 aliphatic rings. The molecule has 1 aromatic carbocycles. The maximum atomic E-state index is 12.5. The molecule has 106 valence electrons. The minimum atomic E-state index is 0.283. The van der Waals surface area contributed by atoms with Crippen molar-refractivity contribution in [1.82, 2.24) is 9.55 Å². The van der Waals surface area contributed by atoms with Crippen LogP contribution in [0, 0.1) is 5.92 Å². The first-order valence-corrected chi connectivity index (χ1v) is 7.76. The number of nitrogens with zero attached hydrogens (tertiary/aromatic N) is 2. The van der Waals surface area contributed by atoms with Crippen LogP contribution in [0.5, 0.6) is 0 Å². The van der Waals surface area contributed by atoms with Gasteiger partial charge in [0.1, 0.15) is 5.82 Å². The molecule has 0 bridgehead atoms. The Labute approximate surface area is 120 Å². The maximum Gasteiger partial charge on any atom is 0.155 e. The van der Waals surface area contributed by atoms with Gasteiger partial charge in [0.05, 0.1) is 17.6 Å². The Morgan fingerprint density at radius 1 is 1.30 bits per heavy atom. The van der Waals surface area contributed by atoms with E-state index < -0.39 is 0 Å². The SMILES string of the molecule is CCCc1nc2ccccc2n1CC(=O)C1CCCC1. The summed E-state index contributed by atoms with van der Waals surface area (Å²) in [5, 5.41) is 0. The van der Waals surface area contributed by atoms with Crippen molar-refractivity contribution in [2.75, 3.05) is 0 Å². The first-order chi connectivity index (χ1) is 9.79. The molecular weight excluding hydrogens is 248 g/mol. The van der Waals surface area contributed by atoms with Gasteiger partial charge in [-0.3, -0.25) is 4.79 Å². The highest BCUT2D eigenvalue weighted by Crippen LogP contribution is 2.27. The van der Waals surface area contributed by atoms with Crippen LogP contribution in [0.25, 0.3) is 11.0 Å². The molecule has 20 heavy (non-hydrogen) atoms. The molecule has 0 radical (unpaired) electrons. The van der Waals surface area contributed by atoms with Crippen molar-refractivity contribution < 1.29 is 4.79 Å². The third-order valence-electron chi connectivity index (χ3n) is 4.33. The quantitative estimate of drug-likeness (QED) is 0.829. The molecule has 0 atom stereocenters. The summed E-state index contributed by atoms with van der Waals surface area (Å²) >= 11 is 0. The summed E-state index contributed by atoms with van der Waals surface area (Å²) in [5.74, 6) is 1.73. The number of hydrogen-bond donors (Lipinski definition) is 0. The molecule has 2 aromatic rings. The molecule has 3 rings (SSSR count). The molecule has 1 aliphatic carbocycles. The molecule has 0 amide bonds. The van der Waals surface area contributed by atoms with Crippen LogP contribution in [-0.4, -0.2) is 15.3 Å². The molecular formula is C17H22N2O. The molecule has 3 nitrogen and oxygen atoms in total. The van der Waals surface area contributed by atoms with Crippen LogP contribution in [0.4, 0.5) is 0 Å². The zero-order chi connectivity index (χ0) is 13.9. The fourth-order valence-corrected chi connectivity index (χ4v) is 3.25. The maximum absolute atomic E-state index is 12.5. The summed E-state index contributed by atoms with van der Waals surface area (Å²) in [6.45, 7) is 2.66. The highest BCUT2D eigenvalue weighted by molar-refractivity contribution is 5.84. The van der Waals surface area contributed by atoms with E-state index in [1.165, 1.54) is 12.8 Å². The number of carbonyl (C=O) groups excluding carboxylic acids is 1. The van der Waals surface area contributed by atoms with Crippen LogP contribution < -0.4 is 0 Å². The molecule has 0 N–H and O–H groups in total. The summed E-state index contributed by atoms with van der Waals surface area (Å²) in [7, 11) is 0. The van der Waals surface area contributed by atoms with Gasteiger partial charge in [-0.15, -0.1) is 0 Å². The highest BCUT2D eigenvalue weighted by atomic mass is 16.1. The minimum absolute atomic E-state index is 0.283. The predicted molar refractivity (Wildman–Crippen MR) is 80.7 cm³/mol. The number of Topliss-reactive ketones (excluding diaryl/α,β-unsaturated/α-hetero) is 1. The van der Waals surface area contributed by atoms with Crippen LogP contribution in [0.1, 0.15) is 44.9 Å². The number of hydrogen-bond acceptors (Lipinski definition) is 2. The topological polar surface area (TPSA) is 34.9 Å². The number of carbonyl (C=O) groups is 1. The second kappa shape index (κ2) is 5.78. The molecule has 1 fully saturated rings. The Kier molecular flexibility index (Phi) is 3.86. The molecule has 3 heteroatoms. The number of fused-ring (bicyclic) bond motifs is 1. The van der Waals surface area contributed by atoms with Gasteiger partial charge >= 0.3 is 0 Å². The van der Waals surface area contributed by atoms with E-state index in [9.17, 15) is 4.79 Å². The lowest BCUT2D eigenvalue weighted by Gasteiger charge is -2.11. The van der Waals surface area contributed by atoms with Gasteiger partial charge in [0.25, 0.3) is 0 Å². The van der Waals surface area contributed by atoms with Crippen LogP contribution in [-0.2, 0) is 17.8 Å². The minimum Gasteiger partial charge on any atom is -0.320 e. The first kappa shape index (κ1) is 13.3. The number of para-hydroxylation sites is 2. The summed E-state index contributed by atoms with van der Waals surface area (Å²) in [4.78, 5) is 17.2. The normalized spacial score (nSPS) is 16.1. The lowest BCUT2D eigenvalue weighted by Crippen LogP contribution is -2.19. The summed E-state index contributed by atoms with van der Waals surface area (Å²) in [6, 6.07) is 8.14. The van der Waals surface area contributed by atoms with Gasteiger partial charge < -0.3 is 4.57 Å². The van der Waals surface area contributed by atoms with E-state index in [0.29, 0.717) is 12.3 Å². The smallest absolute Gasteiger partial charge is 0.155 e. The molecule has 0 spiro atoms. The summed E-state index contributed by atoms with van der Waals surface area (Å²) < 4.78 is 2.14. The second-order valence-corrected chi connectivity index (χ2v) is 5.80. The van der Waals surface area contributed by atoms with Crippen molar-refractivity contribution in [3.05, 3.63) is 30.1 Å². The largest absolute Gasteiger partial charge is 0.320 e. The predicted octanol–water partition coefficient (Wildman–Crippen LogP) is 3.75. The monoisotopic (exact) mass is 270 g/mol. The van der Waals surface area contributed by atoms with Crippen LogP contribution in [0.2, 0.25) is 0 Å².